The van der Waals surface area contributed by atoms with Gasteiger partial charge >= 0.3 is 0 Å². The number of likely N-dealkylation sites (tertiary alicyclic amines) is 1. The number of aromatic hydroxyl groups is 2. The molecule has 2 aliphatic heterocycles. The second-order valence-corrected chi connectivity index (χ2v) is 11.3. The molecule has 1 saturated heterocycles. The molecule has 7 heteroatoms. The van der Waals surface area contributed by atoms with E-state index in [0.29, 0.717) is 54.7 Å². The second-order valence-electron chi connectivity index (χ2n) is 11.3. The fourth-order valence-corrected chi connectivity index (χ4v) is 7.79. The Kier molecular flexibility index (Phi) is 4.32. The number of rotatable bonds is 3. The average Bonchev–Trinajstić information content (AvgIpc) is 3.63. The monoisotopic (exact) mass is 474 g/mol. The molecule has 7 nitrogen and oxygen atoms in total. The van der Waals surface area contributed by atoms with Gasteiger partial charge in [-0.1, -0.05) is 18.2 Å². The van der Waals surface area contributed by atoms with Crippen molar-refractivity contribution < 1.29 is 24.9 Å². The van der Waals surface area contributed by atoms with Crippen LogP contribution in [0.2, 0.25) is 0 Å². The minimum Gasteiger partial charge on any atom is -0.504 e. The van der Waals surface area contributed by atoms with Crippen LogP contribution in [0.4, 0.5) is 0 Å². The maximum Gasteiger partial charge on any atom is 0.261 e. The van der Waals surface area contributed by atoms with Gasteiger partial charge in [-0.25, -0.2) is 0 Å². The van der Waals surface area contributed by atoms with E-state index in [4.69, 9.17) is 0 Å². The summed E-state index contributed by atoms with van der Waals surface area (Å²) in [5.41, 5.74) is 0.470. The van der Waals surface area contributed by atoms with Crippen molar-refractivity contribution in [3.8, 4) is 11.5 Å². The Labute approximate surface area is 204 Å². The van der Waals surface area contributed by atoms with Crippen LogP contribution in [0.1, 0.15) is 70.4 Å². The minimum atomic E-state index is -1.10. The van der Waals surface area contributed by atoms with Crippen LogP contribution in [0.15, 0.2) is 36.4 Å². The topological polar surface area (TPSA) is 101 Å². The zero-order valence-electron chi connectivity index (χ0n) is 19.6. The van der Waals surface area contributed by atoms with E-state index in [0.717, 1.165) is 18.7 Å². The van der Waals surface area contributed by atoms with Gasteiger partial charge in [-0.3, -0.25) is 19.4 Å². The Morgan fingerprint density at radius 3 is 2.34 bits per heavy atom. The maximum atomic E-state index is 13.3. The van der Waals surface area contributed by atoms with Gasteiger partial charge in [0.1, 0.15) is 0 Å². The van der Waals surface area contributed by atoms with E-state index in [-0.39, 0.29) is 35.4 Å². The highest BCUT2D eigenvalue weighted by atomic mass is 16.3. The number of imide groups is 1. The lowest BCUT2D eigenvalue weighted by Gasteiger charge is -2.65. The number of nitrogens with zero attached hydrogens (tertiary/aromatic N) is 2. The fraction of sp³-hybridized carbons (Fsp3) is 0.500. The number of piperidine rings is 1. The quantitative estimate of drug-likeness (QED) is 0.467. The molecule has 2 saturated carbocycles. The van der Waals surface area contributed by atoms with Gasteiger partial charge in [0, 0.05) is 29.6 Å². The number of hydrogen-bond acceptors (Lipinski definition) is 6. The summed E-state index contributed by atoms with van der Waals surface area (Å²) in [7, 11) is 0. The molecular weight excluding hydrogens is 444 g/mol. The Balaban J connectivity index is 1.33. The molecule has 2 aromatic rings. The Morgan fingerprint density at radius 1 is 0.943 bits per heavy atom. The van der Waals surface area contributed by atoms with Gasteiger partial charge < -0.3 is 15.3 Å². The number of phenols is 2. The summed E-state index contributed by atoms with van der Waals surface area (Å²) >= 11 is 0. The summed E-state index contributed by atoms with van der Waals surface area (Å²) in [5, 5.41) is 34.0. The molecule has 5 aliphatic rings. The molecule has 3 aliphatic carbocycles. The molecule has 2 amide bonds. The number of carbonyl (C=O) groups excluding carboxylic acids is 2. The first-order valence-corrected chi connectivity index (χ1v) is 12.8. The molecule has 2 heterocycles. The van der Waals surface area contributed by atoms with Gasteiger partial charge in [-0.05, 0) is 81.2 Å². The first-order valence-electron chi connectivity index (χ1n) is 12.8. The lowest BCUT2D eigenvalue weighted by Crippen LogP contribution is -2.74. The number of amides is 2. The molecule has 4 unspecified atom stereocenters. The lowest BCUT2D eigenvalue weighted by molar-refractivity contribution is -0.174. The normalized spacial score (nSPS) is 33.9. The molecule has 0 radical (unpaired) electrons. The van der Waals surface area contributed by atoms with Crippen molar-refractivity contribution in [2.45, 2.75) is 68.0 Å². The van der Waals surface area contributed by atoms with Crippen LogP contribution in [0, 0.1) is 5.92 Å². The smallest absolute Gasteiger partial charge is 0.261 e. The number of aliphatic hydroxyl groups is 1. The van der Waals surface area contributed by atoms with Gasteiger partial charge in [0.25, 0.3) is 11.8 Å². The van der Waals surface area contributed by atoms with Crippen LogP contribution in [-0.4, -0.2) is 67.7 Å². The Bertz CT molecular complexity index is 1240. The number of benzene rings is 2. The summed E-state index contributed by atoms with van der Waals surface area (Å²) in [5.74, 6) is -0.233. The third kappa shape index (κ3) is 2.74. The molecule has 0 aromatic heterocycles. The summed E-state index contributed by atoms with van der Waals surface area (Å²) in [6.07, 6.45) is 5.03. The van der Waals surface area contributed by atoms with Crippen LogP contribution < -0.4 is 0 Å². The van der Waals surface area contributed by atoms with E-state index >= 15 is 0 Å². The molecule has 3 N–H and O–H groups in total. The first kappa shape index (κ1) is 21.4. The predicted octanol–water partition coefficient (Wildman–Crippen LogP) is 2.96. The zero-order chi connectivity index (χ0) is 24.1. The highest BCUT2D eigenvalue weighted by molar-refractivity contribution is 6.21. The van der Waals surface area contributed by atoms with E-state index in [1.807, 2.05) is 6.07 Å². The van der Waals surface area contributed by atoms with Crippen LogP contribution in [-0.2, 0) is 11.8 Å². The molecule has 7 rings (SSSR count). The zero-order valence-corrected chi connectivity index (χ0v) is 19.6. The van der Waals surface area contributed by atoms with Crippen molar-refractivity contribution in [1.82, 2.24) is 9.80 Å². The van der Waals surface area contributed by atoms with Gasteiger partial charge in [-0.15, -0.1) is 0 Å². The molecule has 35 heavy (non-hydrogen) atoms. The number of phenolic OH excluding ortho intramolecular Hbond substituents is 2. The lowest BCUT2D eigenvalue weighted by atomic mass is 9.48. The van der Waals surface area contributed by atoms with Gasteiger partial charge in [0.15, 0.2) is 11.5 Å². The highest BCUT2D eigenvalue weighted by Crippen LogP contribution is 2.62. The van der Waals surface area contributed by atoms with Crippen LogP contribution >= 0.6 is 0 Å². The Hall–Kier alpha value is -2.90. The fourth-order valence-electron chi connectivity index (χ4n) is 7.79. The minimum absolute atomic E-state index is 0.0866. The largest absolute Gasteiger partial charge is 0.504 e. The number of hydrogen-bond donors (Lipinski definition) is 3. The van der Waals surface area contributed by atoms with Crippen molar-refractivity contribution in [2.75, 3.05) is 13.1 Å². The van der Waals surface area contributed by atoms with Gasteiger partial charge in [0.2, 0.25) is 0 Å². The molecule has 182 valence electrons. The van der Waals surface area contributed by atoms with E-state index < -0.39 is 11.0 Å². The van der Waals surface area contributed by atoms with Crippen LogP contribution in [0.3, 0.4) is 0 Å². The van der Waals surface area contributed by atoms with Crippen molar-refractivity contribution in [2.24, 2.45) is 5.92 Å². The third-order valence-corrected chi connectivity index (χ3v) is 9.60. The number of carbonyl (C=O) groups is 2. The molecule has 0 spiro atoms. The predicted molar refractivity (Wildman–Crippen MR) is 127 cm³/mol. The molecule has 2 bridgehead atoms. The van der Waals surface area contributed by atoms with Crippen LogP contribution in [0.5, 0.6) is 11.5 Å². The van der Waals surface area contributed by atoms with Gasteiger partial charge in [-0.2, -0.15) is 0 Å². The van der Waals surface area contributed by atoms with E-state index in [2.05, 4.69) is 4.90 Å². The molecule has 3 fully saturated rings. The third-order valence-electron chi connectivity index (χ3n) is 9.60. The molecule has 2 aromatic carbocycles. The summed E-state index contributed by atoms with van der Waals surface area (Å²) < 4.78 is 0. The highest BCUT2D eigenvalue weighted by Gasteiger charge is 2.66. The van der Waals surface area contributed by atoms with Crippen LogP contribution in [0.25, 0.3) is 0 Å². The average molecular weight is 475 g/mol. The SMILES string of the molecule is O=C1c2ccccc2C(=O)N1C1CCC2(O)C3Cc4ccc(O)c(O)c4C2(CCN3CC2CC2)C1. The summed E-state index contributed by atoms with van der Waals surface area (Å²) in [6.45, 7) is 1.76. The molecular formula is C28H30N2O5. The standard InChI is InChI=1S/C28H30N2O5/c31-21-8-7-17-13-22-28(35)10-9-18(30-25(33)19-3-1-2-4-20(19)26(30)34)14-27(28,23(17)24(21)32)11-12-29(22)15-16-5-6-16/h1-4,7-8,16,18,22,31-32,35H,5-6,9-15H2. The van der Waals surface area contributed by atoms with Crippen molar-refractivity contribution >= 4 is 11.8 Å². The first-order chi connectivity index (χ1) is 16.8. The van der Waals surface area contributed by atoms with Crippen molar-refractivity contribution in [3.05, 3.63) is 58.7 Å². The van der Waals surface area contributed by atoms with E-state index in [1.165, 1.54) is 23.8 Å². The second kappa shape index (κ2) is 7.08. The Morgan fingerprint density at radius 2 is 1.66 bits per heavy atom. The van der Waals surface area contributed by atoms with Gasteiger partial charge in [0.05, 0.1) is 16.7 Å². The van der Waals surface area contributed by atoms with E-state index in [9.17, 15) is 24.9 Å². The van der Waals surface area contributed by atoms with E-state index in [1.54, 1.807) is 24.3 Å². The summed E-state index contributed by atoms with van der Waals surface area (Å²) in [6, 6.07) is 9.85. The summed E-state index contributed by atoms with van der Waals surface area (Å²) in [4.78, 5) is 30.4. The number of fused-ring (bicyclic) bond motifs is 2. The van der Waals surface area contributed by atoms with Crippen molar-refractivity contribution in [3.63, 3.8) is 0 Å². The van der Waals surface area contributed by atoms with Crippen molar-refractivity contribution in [1.29, 1.82) is 0 Å². The molecule has 4 atom stereocenters. The maximum absolute atomic E-state index is 13.3.